The van der Waals surface area contributed by atoms with Crippen molar-refractivity contribution in [1.82, 2.24) is 15.5 Å². The molecule has 0 bridgehead atoms. The van der Waals surface area contributed by atoms with Crippen LogP contribution in [0, 0.1) is 0 Å². The molecular weight excluding hydrogens is 402 g/mol. The molecule has 0 radical (unpaired) electrons. The highest BCUT2D eigenvalue weighted by molar-refractivity contribution is 6.25. The Morgan fingerprint density at radius 2 is 1.87 bits per heavy atom. The number of hydrogen-bond donors (Lipinski definition) is 4. The smallest absolute Gasteiger partial charge is 0.264 e. The Hall–Kier alpha value is -3.27. The number of nitrogens with one attached hydrogen (secondary N) is 3. The first-order chi connectivity index (χ1) is 14.9. The van der Waals surface area contributed by atoms with Gasteiger partial charge in [-0.1, -0.05) is 18.9 Å². The Balaban J connectivity index is 1.61. The third-order valence-corrected chi connectivity index (χ3v) is 5.36. The van der Waals surface area contributed by atoms with Gasteiger partial charge in [0.25, 0.3) is 11.8 Å². The fourth-order valence-electron chi connectivity index (χ4n) is 3.75. The van der Waals surface area contributed by atoms with Crippen LogP contribution in [0.25, 0.3) is 0 Å². The Labute approximate surface area is 179 Å². The lowest BCUT2D eigenvalue weighted by Crippen LogP contribution is -2.54. The van der Waals surface area contributed by atoms with Gasteiger partial charge in [0.15, 0.2) is 0 Å². The molecule has 1 aromatic rings. The molecule has 1 aromatic carbocycles. The Kier molecular flexibility index (Phi) is 7.35. The van der Waals surface area contributed by atoms with Crippen molar-refractivity contribution in [1.29, 1.82) is 0 Å². The molecule has 166 valence electrons. The van der Waals surface area contributed by atoms with E-state index in [1.54, 1.807) is 12.1 Å². The number of anilines is 1. The SMILES string of the molecule is NCCCCCCNC(=O)CNc1cccc2c1C(=O)N(C1CCC(=O)NC1=O)C2=O. The van der Waals surface area contributed by atoms with Crippen LogP contribution in [0.1, 0.15) is 59.2 Å². The molecule has 1 saturated heterocycles. The highest BCUT2D eigenvalue weighted by atomic mass is 16.2. The van der Waals surface area contributed by atoms with E-state index in [1.165, 1.54) is 6.07 Å². The van der Waals surface area contributed by atoms with Gasteiger partial charge >= 0.3 is 0 Å². The van der Waals surface area contributed by atoms with Crippen molar-refractivity contribution in [3.8, 4) is 0 Å². The summed E-state index contributed by atoms with van der Waals surface area (Å²) < 4.78 is 0. The average molecular weight is 429 g/mol. The minimum atomic E-state index is -1.03. The predicted molar refractivity (Wildman–Crippen MR) is 112 cm³/mol. The molecule has 0 spiro atoms. The Morgan fingerprint density at radius 3 is 2.61 bits per heavy atom. The molecule has 0 aliphatic carbocycles. The topological polar surface area (TPSA) is 151 Å². The molecule has 10 heteroatoms. The van der Waals surface area contributed by atoms with Crippen molar-refractivity contribution in [2.24, 2.45) is 5.73 Å². The molecule has 10 nitrogen and oxygen atoms in total. The van der Waals surface area contributed by atoms with E-state index in [4.69, 9.17) is 5.73 Å². The minimum Gasteiger partial charge on any atom is -0.375 e. The van der Waals surface area contributed by atoms with Crippen LogP contribution in [0.2, 0.25) is 0 Å². The van der Waals surface area contributed by atoms with Crippen LogP contribution >= 0.6 is 0 Å². The zero-order valence-corrected chi connectivity index (χ0v) is 17.2. The van der Waals surface area contributed by atoms with Crippen LogP contribution in [0.15, 0.2) is 18.2 Å². The van der Waals surface area contributed by atoms with E-state index in [2.05, 4.69) is 16.0 Å². The first-order valence-electron chi connectivity index (χ1n) is 10.5. The lowest BCUT2D eigenvalue weighted by Gasteiger charge is -2.27. The molecule has 1 atom stereocenters. The monoisotopic (exact) mass is 429 g/mol. The number of imide groups is 2. The van der Waals surface area contributed by atoms with Gasteiger partial charge in [0, 0.05) is 18.7 Å². The summed E-state index contributed by atoms with van der Waals surface area (Å²) >= 11 is 0. The van der Waals surface area contributed by atoms with Crippen molar-refractivity contribution in [3.63, 3.8) is 0 Å². The number of amides is 5. The van der Waals surface area contributed by atoms with E-state index in [9.17, 15) is 24.0 Å². The summed E-state index contributed by atoms with van der Waals surface area (Å²) in [6, 6.07) is 3.70. The summed E-state index contributed by atoms with van der Waals surface area (Å²) in [5.41, 5.74) is 6.10. The molecule has 2 aliphatic rings. The van der Waals surface area contributed by atoms with E-state index < -0.39 is 29.7 Å². The maximum Gasteiger partial charge on any atom is 0.264 e. The second kappa shape index (κ2) is 10.2. The van der Waals surface area contributed by atoms with Crippen LogP contribution in [-0.2, 0) is 14.4 Å². The number of piperidine rings is 1. The lowest BCUT2D eigenvalue weighted by atomic mass is 10.0. The summed E-state index contributed by atoms with van der Waals surface area (Å²) in [6.45, 7) is 1.16. The molecule has 1 unspecified atom stereocenters. The standard InChI is InChI=1S/C21H27N5O5/c22-10-3-1-2-4-11-23-17(28)12-24-14-7-5-6-13-18(14)21(31)26(20(13)30)15-8-9-16(27)25-19(15)29/h5-7,15,24H,1-4,8-12,22H2,(H,23,28)(H,25,27,29). The van der Waals surface area contributed by atoms with Crippen molar-refractivity contribution >= 4 is 35.2 Å². The summed E-state index contributed by atoms with van der Waals surface area (Å²) in [7, 11) is 0. The second-order valence-electron chi connectivity index (χ2n) is 7.58. The van der Waals surface area contributed by atoms with Crippen molar-refractivity contribution in [3.05, 3.63) is 29.3 Å². The van der Waals surface area contributed by atoms with E-state index in [1.807, 2.05) is 0 Å². The quantitative estimate of drug-likeness (QED) is 0.305. The van der Waals surface area contributed by atoms with Gasteiger partial charge in [0.05, 0.1) is 17.7 Å². The van der Waals surface area contributed by atoms with Crippen LogP contribution in [0.3, 0.4) is 0 Å². The number of carbonyl (C=O) groups is 5. The fraction of sp³-hybridized carbons (Fsp3) is 0.476. The molecule has 5 amide bonds. The number of fused-ring (bicyclic) bond motifs is 1. The van der Waals surface area contributed by atoms with Crippen LogP contribution in [-0.4, -0.2) is 60.1 Å². The predicted octanol–water partition coefficient (Wildman–Crippen LogP) is 0.135. The van der Waals surface area contributed by atoms with Gasteiger partial charge < -0.3 is 16.4 Å². The number of benzene rings is 1. The molecule has 31 heavy (non-hydrogen) atoms. The lowest BCUT2D eigenvalue weighted by molar-refractivity contribution is -0.136. The van der Waals surface area contributed by atoms with Crippen molar-refractivity contribution in [2.45, 2.75) is 44.6 Å². The molecule has 0 saturated carbocycles. The van der Waals surface area contributed by atoms with Gasteiger partial charge in [-0.2, -0.15) is 0 Å². The average Bonchev–Trinajstić information content (AvgIpc) is 3.00. The summed E-state index contributed by atoms with van der Waals surface area (Å²) in [5.74, 6) is -2.51. The second-order valence-corrected chi connectivity index (χ2v) is 7.58. The molecule has 3 rings (SSSR count). The minimum absolute atomic E-state index is 0.0564. The fourth-order valence-corrected chi connectivity index (χ4v) is 3.75. The Morgan fingerprint density at radius 1 is 1.10 bits per heavy atom. The third-order valence-electron chi connectivity index (χ3n) is 5.36. The zero-order valence-electron chi connectivity index (χ0n) is 17.2. The number of unbranched alkanes of at least 4 members (excludes halogenated alkanes) is 3. The van der Waals surface area contributed by atoms with Gasteiger partial charge in [0.2, 0.25) is 17.7 Å². The van der Waals surface area contributed by atoms with E-state index in [0.717, 1.165) is 30.6 Å². The van der Waals surface area contributed by atoms with Gasteiger partial charge in [0.1, 0.15) is 6.04 Å². The largest absolute Gasteiger partial charge is 0.375 e. The normalized spacial score (nSPS) is 18.1. The van der Waals surface area contributed by atoms with Gasteiger partial charge in [-0.25, -0.2) is 0 Å². The number of hydrogen-bond acceptors (Lipinski definition) is 7. The number of rotatable bonds is 10. The number of nitrogens with two attached hydrogens (primary N) is 1. The molecule has 2 aliphatic heterocycles. The number of nitrogens with zero attached hydrogens (tertiary/aromatic N) is 1. The summed E-state index contributed by atoms with van der Waals surface area (Å²) in [5, 5.41) is 7.89. The summed E-state index contributed by atoms with van der Waals surface area (Å²) in [6.07, 6.45) is 4.00. The maximum absolute atomic E-state index is 13.0. The van der Waals surface area contributed by atoms with E-state index in [-0.39, 0.29) is 36.4 Å². The Bertz CT molecular complexity index is 900. The molecular formula is C21H27N5O5. The summed E-state index contributed by atoms with van der Waals surface area (Å²) in [4.78, 5) is 62.3. The third kappa shape index (κ3) is 5.08. The zero-order chi connectivity index (χ0) is 22.4. The van der Waals surface area contributed by atoms with Crippen LogP contribution in [0.4, 0.5) is 5.69 Å². The van der Waals surface area contributed by atoms with Crippen molar-refractivity contribution in [2.75, 3.05) is 25.0 Å². The maximum atomic E-state index is 13.0. The molecule has 2 heterocycles. The first kappa shape index (κ1) is 22.4. The number of carbonyl (C=O) groups excluding carboxylic acids is 5. The van der Waals surface area contributed by atoms with Gasteiger partial charge in [-0.05, 0) is 37.9 Å². The van der Waals surface area contributed by atoms with Crippen LogP contribution < -0.4 is 21.7 Å². The molecule has 1 fully saturated rings. The highest BCUT2D eigenvalue weighted by Crippen LogP contribution is 2.32. The van der Waals surface area contributed by atoms with Crippen molar-refractivity contribution < 1.29 is 24.0 Å². The highest BCUT2D eigenvalue weighted by Gasteiger charge is 2.45. The van der Waals surface area contributed by atoms with Gasteiger partial charge in [-0.15, -0.1) is 0 Å². The first-order valence-corrected chi connectivity index (χ1v) is 10.5. The van der Waals surface area contributed by atoms with E-state index in [0.29, 0.717) is 18.8 Å². The molecule has 5 N–H and O–H groups in total. The van der Waals surface area contributed by atoms with E-state index >= 15 is 0 Å². The van der Waals surface area contributed by atoms with Crippen LogP contribution in [0.5, 0.6) is 0 Å². The molecule has 0 aromatic heterocycles. The van der Waals surface area contributed by atoms with Gasteiger partial charge in [-0.3, -0.25) is 34.2 Å².